The molecule has 2 aromatic carbocycles. The minimum Gasteiger partial charge on any atom is -0.351 e. The molecule has 4 rings (SSSR count). The van der Waals surface area contributed by atoms with E-state index in [9.17, 15) is 13.2 Å². The van der Waals surface area contributed by atoms with Gasteiger partial charge < -0.3 is 5.32 Å². The van der Waals surface area contributed by atoms with Crippen molar-refractivity contribution >= 4 is 61.5 Å². The maximum atomic E-state index is 15.5. The summed E-state index contributed by atoms with van der Waals surface area (Å²) in [5, 5.41) is 2.82. The molecule has 3 aromatic rings. The van der Waals surface area contributed by atoms with Gasteiger partial charge in [0.2, 0.25) is 10.0 Å². The minimum absolute atomic E-state index is 0.189. The molecule has 0 spiro atoms. The smallest absolute Gasteiger partial charge is 0.277 e. The third-order valence-corrected chi connectivity index (χ3v) is 8.33. The van der Waals surface area contributed by atoms with Crippen molar-refractivity contribution in [2.24, 2.45) is 5.92 Å². The molecule has 1 amide bonds. The summed E-state index contributed by atoms with van der Waals surface area (Å²) in [5.41, 5.74) is 1.86. The number of benzene rings is 2. The van der Waals surface area contributed by atoms with Crippen molar-refractivity contribution in [1.29, 1.82) is 0 Å². The number of nitrogens with zero attached hydrogens (tertiary/aromatic N) is 1. The Kier molecular flexibility index (Phi) is 9.19. The van der Waals surface area contributed by atoms with Crippen molar-refractivity contribution in [3.05, 3.63) is 80.1 Å². The zero-order chi connectivity index (χ0) is 27.4. The standard InChI is InChI=1S/C25H24ClF2IN4O4S/c1-2-19(15-4-3-9-30-12-15)33-38(35,36)21-11-17(25(34)32-37-13-14-5-6-14)24(23(28)22(21)27)31-20-8-7-16(29)10-18(20)26/h3-4,7-12,14,19,31,33H,2,5-6,13H2,1H3,(H,32,34). The van der Waals surface area contributed by atoms with Crippen LogP contribution < -0.4 is 15.5 Å². The second-order valence-electron chi connectivity index (χ2n) is 8.73. The van der Waals surface area contributed by atoms with Crippen LogP contribution in [0.25, 0.3) is 0 Å². The molecule has 8 nitrogen and oxygen atoms in total. The molecule has 0 radical (unpaired) electrons. The van der Waals surface area contributed by atoms with Crippen LogP contribution in [-0.4, -0.2) is 25.9 Å². The first-order valence-corrected chi connectivity index (χ1v) is 14.6. The van der Waals surface area contributed by atoms with Crippen molar-refractivity contribution in [2.45, 2.75) is 37.1 Å². The molecular weight excluding hydrogens is 653 g/mol. The zero-order valence-electron chi connectivity index (χ0n) is 20.1. The summed E-state index contributed by atoms with van der Waals surface area (Å²) >= 11 is 8.28. The van der Waals surface area contributed by atoms with Crippen LogP contribution in [0.5, 0.6) is 0 Å². The van der Waals surface area contributed by atoms with Crippen LogP contribution in [0.15, 0.2) is 53.7 Å². The molecule has 0 aliphatic heterocycles. The number of pyridine rings is 1. The van der Waals surface area contributed by atoms with Gasteiger partial charge in [-0.15, -0.1) is 0 Å². The summed E-state index contributed by atoms with van der Waals surface area (Å²) in [6.07, 6.45) is 5.23. The van der Waals surface area contributed by atoms with E-state index < -0.39 is 49.8 Å². The lowest BCUT2D eigenvalue weighted by Gasteiger charge is -2.20. The Labute approximate surface area is 237 Å². The Morgan fingerprint density at radius 2 is 2.00 bits per heavy atom. The van der Waals surface area contributed by atoms with Crippen molar-refractivity contribution in [2.75, 3.05) is 11.9 Å². The summed E-state index contributed by atoms with van der Waals surface area (Å²) < 4.78 is 60.5. The van der Waals surface area contributed by atoms with E-state index in [1.54, 1.807) is 31.2 Å². The maximum Gasteiger partial charge on any atom is 0.277 e. The molecular formula is C25H24ClF2IN4O4S. The zero-order valence-corrected chi connectivity index (χ0v) is 23.8. The minimum atomic E-state index is -4.62. The average molecular weight is 677 g/mol. The Morgan fingerprint density at radius 1 is 1.24 bits per heavy atom. The predicted octanol–water partition coefficient (Wildman–Crippen LogP) is 5.86. The number of nitrogens with one attached hydrogen (secondary N) is 3. The molecule has 1 aromatic heterocycles. The van der Waals surface area contributed by atoms with Gasteiger partial charge in [-0.2, -0.15) is 0 Å². The number of hydroxylamine groups is 1. The highest BCUT2D eigenvalue weighted by Crippen LogP contribution is 2.35. The first kappa shape index (κ1) is 28.6. The van der Waals surface area contributed by atoms with E-state index >= 15 is 8.78 Å². The number of halogens is 4. The summed E-state index contributed by atoms with van der Waals surface area (Å²) in [4.78, 5) is 21.2. The SMILES string of the molecule is CCC(NS(=O)(=O)c1cc(C(=O)NOCC2CC2)c(Nc2ccc(I)cc2Cl)c(F)c1F)c1cccnc1. The molecule has 1 unspecified atom stereocenters. The number of amides is 1. The molecule has 1 atom stereocenters. The van der Waals surface area contributed by atoms with Gasteiger partial charge in [-0.1, -0.05) is 24.6 Å². The summed E-state index contributed by atoms with van der Waals surface area (Å²) in [7, 11) is -4.62. The molecule has 0 saturated heterocycles. The summed E-state index contributed by atoms with van der Waals surface area (Å²) in [6, 6.07) is 8.09. The van der Waals surface area contributed by atoms with Crippen LogP contribution in [-0.2, 0) is 14.9 Å². The number of rotatable bonds is 11. The summed E-state index contributed by atoms with van der Waals surface area (Å²) in [5.74, 6) is -3.87. The molecule has 13 heteroatoms. The fraction of sp³-hybridized carbons (Fsp3) is 0.280. The Morgan fingerprint density at radius 3 is 2.63 bits per heavy atom. The van der Waals surface area contributed by atoms with E-state index in [2.05, 4.69) is 20.5 Å². The second-order valence-corrected chi connectivity index (χ2v) is 12.1. The van der Waals surface area contributed by atoms with Crippen LogP contribution in [0.4, 0.5) is 20.2 Å². The molecule has 0 bridgehead atoms. The van der Waals surface area contributed by atoms with E-state index in [4.69, 9.17) is 16.4 Å². The van der Waals surface area contributed by atoms with E-state index in [0.717, 1.165) is 22.5 Å². The van der Waals surface area contributed by atoms with E-state index in [-0.39, 0.29) is 17.3 Å². The van der Waals surface area contributed by atoms with Gasteiger partial charge in [-0.3, -0.25) is 14.6 Å². The number of aromatic nitrogens is 1. The number of sulfonamides is 1. The lowest BCUT2D eigenvalue weighted by atomic mass is 10.1. The van der Waals surface area contributed by atoms with Gasteiger partial charge >= 0.3 is 0 Å². The molecule has 1 fully saturated rings. The molecule has 38 heavy (non-hydrogen) atoms. The van der Waals surface area contributed by atoms with Gasteiger partial charge in [0, 0.05) is 22.0 Å². The van der Waals surface area contributed by atoms with Crippen molar-refractivity contribution in [3.8, 4) is 0 Å². The van der Waals surface area contributed by atoms with Crippen LogP contribution in [0.3, 0.4) is 0 Å². The lowest BCUT2D eigenvalue weighted by molar-refractivity contribution is 0.0270. The van der Waals surface area contributed by atoms with Gasteiger partial charge in [-0.25, -0.2) is 27.4 Å². The van der Waals surface area contributed by atoms with Crippen LogP contribution in [0, 0.1) is 21.1 Å². The first-order valence-electron chi connectivity index (χ1n) is 11.7. The molecule has 202 valence electrons. The fourth-order valence-corrected chi connectivity index (χ4v) is 5.92. The van der Waals surface area contributed by atoms with Crippen LogP contribution in [0.2, 0.25) is 5.02 Å². The average Bonchev–Trinajstić information content (AvgIpc) is 3.71. The quantitative estimate of drug-likeness (QED) is 0.173. The molecule has 1 aliphatic rings. The van der Waals surface area contributed by atoms with Crippen molar-refractivity contribution < 1.29 is 26.8 Å². The normalized spacial score (nSPS) is 14.2. The summed E-state index contributed by atoms with van der Waals surface area (Å²) in [6.45, 7) is 1.97. The van der Waals surface area contributed by atoms with E-state index in [0.29, 0.717) is 17.9 Å². The van der Waals surface area contributed by atoms with Gasteiger partial charge in [-0.05, 0) is 83.7 Å². The van der Waals surface area contributed by atoms with Crippen LogP contribution >= 0.6 is 34.2 Å². The largest absolute Gasteiger partial charge is 0.351 e. The number of hydrogen-bond acceptors (Lipinski definition) is 6. The highest BCUT2D eigenvalue weighted by Gasteiger charge is 2.31. The van der Waals surface area contributed by atoms with Gasteiger partial charge in [0.15, 0.2) is 11.6 Å². The number of carbonyl (C=O) groups is 1. The third-order valence-electron chi connectivity index (χ3n) is 5.87. The number of carbonyl (C=O) groups excluding carboxylic acids is 1. The monoisotopic (exact) mass is 676 g/mol. The highest BCUT2D eigenvalue weighted by molar-refractivity contribution is 14.1. The Bertz CT molecular complexity index is 1440. The van der Waals surface area contributed by atoms with Gasteiger partial charge in [0.25, 0.3) is 5.91 Å². The third kappa shape index (κ3) is 6.78. The topological polar surface area (TPSA) is 109 Å². The number of hydrogen-bond donors (Lipinski definition) is 3. The molecule has 1 aliphatic carbocycles. The first-order chi connectivity index (χ1) is 18.1. The van der Waals surface area contributed by atoms with Gasteiger partial charge in [0.1, 0.15) is 4.90 Å². The lowest BCUT2D eigenvalue weighted by Crippen LogP contribution is -2.31. The molecule has 1 saturated carbocycles. The van der Waals surface area contributed by atoms with Crippen molar-refractivity contribution in [3.63, 3.8) is 0 Å². The molecule has 3 N–H and O–H groups in total. The maximum absolute atomic E-state index is 15.5. The fourth-order valence-electron chi connectivity index (χ4n) is 3.61. The Balaban J connectivity index is 1.74. The van der Waals surface area contributed by atoms with E-state index in [1.165, 1.54) is 18.5 Å². The highest BCUT2D eigenvalue weighted by atomic mass is 127. The van der Waals surface area contributed by atoms with E-state index in [1.807, 2.05) is 22.6 Å². The second kappa shape index (κ2) is 12.2. The van der Waals surface area contributed by atoms with Crippen LogP contribution in [0.1, 0.15) is 48.1 Å². The Hall–Kier alpha value is -2.39. The van der Waals surface area contributed by atoms with Gasteiger partial charge in [0.05, 0.1) is 28.6 Å². The van der Waals surface area contributed by atoms with Crippen molar-refractivity contribution in [1.82, 2.24) is 15.2 Å². The predicted molar refractivity (Wildman–Crippen MR) is 148 cm³/mol. The number of anilines is 2. The molecule has 1 heterocycles.